The number of aliphatic hydroxyl groups is 2. The number of unbranched alkanes of at least 4 members (excludes halogenated alkanes) is 24. The van der Waals surface area contributed by atoms with Crippen molar-refractivity contribution in [1.82, 2.24) is 0 Å². The molecule has 0 bridgehead atoms. The summed E-state index contributed by atoms with van der Waals surface area (Å²) in [4.78, 5) is 22.7. The van der Waals surface area contributed by atoms with Crippen LogP contribution in [0.3, 0.4) is 0 Å². The second kappa shape index (κ2) is 48.6. The van der Waals surface area contributed by atoms with Crippen molar-refractivity contribution < 1.29 is 43.0 Å². The van der Waals surface area contributed by atoms with E-state index in [9.17, 15) is 19.4 Å². The number of ether oxygens (including phenoxy) is 2. The number of hydrogen-bond acceptors (Lipinski definition) is 8. The first-order valence-electron chi connectivity index (χ1n) is 25.3. The zero-order valence-corrected chi connectivity index (χ0v) is 40.7. The Bertz CT molecular complexity index is 1150. The first-order valence-corrected chi connectivity index (χ1v) is 26.8. The summed E-state index contributed by atoms with van der Waals surface area (Å²) in [6, 6.07) is 0. The lowest BCUT2D eigenvalue weighted by Crippen LogP contribution is -2.29. The summed E-state index contributed by atoms with van der Waals surface area (Å²) in [7, 11) is -4.53. The number of phosphoric acid groups is 1. The van der Waals surface area contributed by atoms with Gasteiger partial charge in [0.2, 0.25) is 0 Å². The van der Waals surface area contributed by atoms with Gasteiger partial charge in [0.05, 0.1) is 26.4 Å². The molecule has 0 fully saturated rings. The zero-order chi connectivity index (χ0) is 45.3. The molecule has 3 N–H and O–H groups in total. The number of carbonyl (C=O) groups excluding carboxylic acids is 1. The van der Waals surface area contributed by atoms with Crippen LogP contribution in [0.25, 0.3) is 0 Å². The van der Waals surface area contributed by atoms with Crippen LogP contribution in [0.2, 0.25) is 0 Å². The number of phosphoric ester groups is 1. The lowest BCUT2D eigenvalue weighted by Gasteiger charge is -2.20. The van der Waals surface area contributed by atoms with Crippen LogP contribution in [-0.4, -0.2) is 66.3 Å². The highest BCUT2D eigenvalue weighted by Crippen LogP contribution is 2.43. The van der Waals surface area contributed by atoms with Crippen molar-refractivity contribution in [3.63, 3.8) is 0 Å². The average Bonchev–Trinajstić information content (AvgIpc) is 3.26. The maximum atomic E-state index is 12.7. The minimum Gasteiger partial charge on any atom is -0.457 e. The standard InChI is InChI=1S/C52H95O9P/c1-3-5-7-9-11-13-15-17-19-21-22-23-24-25-26-27-29-31-33-35-37-39-41-43-45-58-48-51(49-60-62(56,57)59-47-50(54)46-53)61-52(55)44-42-40-38-36-34-32-30-28-20-18-16-14-12-10-8-6-4-2/h5,7,11,13,17-20,22-23,50-51,53-54H,3-4,6,8-10,12,14-16,21,24-49H2,1-2H3,(H,56,57)/b7-5-,13-11-,19-17-,20-18-,23-22-. The van der Waals surface area contributed by atoms with Crippen LogP contribution >= 0.6 is 7.82 Å². The molecule has 0 amide bonds. The first kappa shape index (κ1) is 60.2. The van der Waals surface area contributed by atoms with Gasteiger partial charge in [0.1, 0.15) is 12.2 Å². The normalized spacial score (nSPS) is 14.3. The van der Waals surface area contributed by atoms with Crippen molar-refractivity contribution in [3.05, 3.63) is 60.8 Å². The Morgan fingerprint density at radius 3 is 1.40 bits per heavy atom. The highest BCUT2D eigenvalue weighted by atomic mass is 31.2. The molecule has 0 spiro atoms. The van der Waals surface area contributed by atoms with E-state index in [4.69, 9.17) is 23.6 Å². The van der Waals surface area contributed by atoms with Crippen molar-refractivity contribution in [2.75, 3.05) is 33.0 Å². The van der Waals surface area contributed by atoms with E-state index in [1.54, 1.807) is 0 Å². The smallest absolute Gasteiger partial charge is 0.457 e. The van der Waals surface area contributed by atoms with E-state index in [0.717, 1.165) is 77.0 Å². The second-order valence-corrected chi connectivity index (χ2v) is 18.3. The molecule has 0 saturated carbocycles. The third kappa shape index (κ3) is 47.6. The summed E-state index contributed by atoms with van der Waals surface area (Å²) >= 11 is 0. The Morgan fingerprint density at radius 1 is 0.516 bits per heavy atom. The Morgan fingerprint density at radius 2 is 0.919 bits per heavy atom. The summed E-state index contributed by atoms with van der Waals surface area (Å²) in [6.07, 6.45) is 57.5. The van der Waals surface area contributed by atoms with E-state index in [1.807, 2.05) is 0 Å². The highest BCUT2D eigenvalue weighted by Gasteiger charge is 2.26. The molecule has 0 saturated heterocycles. The van der Waals surface area contributed by atoms with Crippen LogP contribution in [-0.2, 0) is 27.9 Å². The Kier molecular flexibility index (Phi) is 47.2. The predicted molar refractivity (Wildman–Crippen MR) is 260 cm³/mol. The van der Waals surface area contributed by atoms with E-state index in [2.05, 4.69) is 74.6 Å². The monoisotopic (exact) mass is 895 g/mol. The minimum atomic E-state index is -4.53. The molecule has 62 heavy (non-hydrogen) atoms. The maximum absolute atomic E-state index is 12.7. The fraction of sp³-hybridized carbons (Fsp3) is 0.788. The minimum absolute atomic E-state index is 0.0443. The van der Waals surface area contributed by atoms with Gasteiger partial charge in [-0.15, -0.1) is 0 Å². The fourth-order valence-electron chi connectivity index (χ4n) is 6.87. The molecule has 10 heteroatoms. The molecule has 3 atom stereocenters. The van der Waals surface area contributed by atoms with Crippen molar-refractivity contribution >= 4 is 13.8 Å². The van der Waals surface area contributed by atoms with Gasteiger partial charge < -0.3 is 24.6 Å². The van der Waals surface area contributed by atoms with Gasteiger partial charge in [-0.2, -0.15) is 0 Å². The lowest BCUT2D eigenvalue weighted by molar-refractivity contribution is -0.154. The molecule has 0 rings (SSSR count). The van der Waals surface area contributed by atoms with Crippen molar-refractivity contribution in [2.45, 2.75) is 232 Å². The molecular weight excluding hydrogens is 800 g/mol. The van der Waals surface area contributed by atoms with Crippen LogP contribution in [0.1, 0.15) is 219 Å². The summed E-state index contributed by atoms with van der Waals surface area (Å²) < 4.78 is 33.5. The largest absolute Gasteiger partial charge is 0.472 e. The molecule has 0 aliphatic rings. The Labute approximate surface area is 380 Å². The van der Waals surface area contributed by atoms with Gasteiger partial charge in [-0.1, -0.05) is 197 Å². The molecule has 0 aromatic rings. The molecule has 0 aliphatic carbocycles. The third-order valence-electron chi connectivity index (χ3n) is 10.7. The van der Waals surface area contributed by atoms with Crippen LogP contribution < -0.4 is 0 Å². The van der Waals surface area contributed by atoms with Gasteiger partial charge >= 0.3 is 13.8 Å². The van der Waals surface area contributed by atoms with E-state index in [-0.39, 0.29) is 25.6 Å². The summed E-state index contributed by atoms with van der Waals surface area (Å²) in [5, 5.41) is 18.4. The van der Waals surface area contributed by atoms with Gasteiger partial charge in [0.25, 0.3) is 0 Å². The zero-order valence-electron chi connectivity index (χ0n) is 39.8. The van der Waals surface area contributed by atoms with E-state index >= 15 is 0 Å². The third-order valence-corrected chi connectivity index (χ3v) is 11.6. The van der Waals surface area contributed by atoms with Crippen molar-refractivity contribution in [3.8, 4) is 0 Å². The molecule has 3 unspecified atom stereocenters. The number of hydrogen-bond donors (Lipinski definition) is 3. The molecule has 9 nitrogen and oxygen atoms in total. The van der Waals surface area contributed by atoms with Crippen LogP contribution in [0.15, 0.2) is 60.8 Å². The maximum Gasteiger partial charge on any atom is 0.472 e. The van der Waals surface area contributed by atoms with Crippen molar-refractivity contribution in [2.24, 2.45) is 0 Å². The molecule has 0 aromatic carbocycles. The predicted octanol–water partition coefficient (Wildman–Crippen LogP) is 14.7. The number of allylic oxidation sites excluding steroid dienone is 10. The quantitative estimate of drug-likeness (QED) is 0.0236. The van der Waals surface area contributed by atoms with E-state index in [0.29, 0.717) is 6.61 Å². The summed E-state index contributed by atoms with van der Waals surface area (Å²) in [5.74, 6) is -0.388. The Balaban J connectivity index is 4.07. The van der Waals surface area contributed by atoms with Crippen LogP contribution in [0, 0.1) is 0 Å². The molecule has 362 valence electrons. The number of carbonyl (C=O) groups is 1. The summed E-state index contributed by atoms with van der Waals surface area (Å²) in [5.41, 5.74) is 0. The molecule has 0 heterocycles. The number of esters is 1. The average molecular weight is 895 g/mol. The number of aliphatic hydroxyl groups excluding tert-OH is 2. The first-order chi connectivity index (χ1) is 30.3. The molecular formula is C52H95O9P. The molecule has 0 radical (unpaired) electrons. The van der Waals surface area contributed by atoms with E-state index < -0.39 is 33.2 Å². The van der Waals surface area contributed by atoms with Gasteiger partial charge in [-0.25, -0.2) is 4.57 Å². The second-order valence-electron chi connectivity index (χ2n) is 16.8. The molecule has 0 aromatic heterocycles. The number of rotatable bonds is 48. The van der Waals surface area contributed by atoms with E-state index in [1.165, 1.54) is 122 Å². The SMILES string of the molecule is CC/C=C\C/C=C\C/C=C\C/C=C\CCCCCCCCCCCCCOCC(COP(=O)(O)OCC(O)CO)OC(=O)CCCCCCCCC/C=C\CCCCCCCC. The van der Waals surface area contributed by atoms with Crippen molar-refractivity contribution in [1.29, 1.82) is 0 Å². The van der Waals surface area contributed by atoms with Gasteiger partial charge in [-0.05, 0) is 77.0 Å². The fourth-order valence-corrected chi connectivity index (χ4v) is 7.66. The van der Waals surface area contributed by atoms with Gasteiger partial charge in [0.15, 0.2) is 0 Å². The molecule has 0 aliphatic heterocycles. The van der Waals surface area contributed by atoms with Gasteiger partial charge in [-0.3, -0.25) is 13.8 Å². The van der Waals surface area contributed by atoms with Gasteiger partial charge in [0, 0.05) is 13.0 Å². The highest BCUT2D eigenvalue weighted by molar-refractivity contribution is 7.47. The topological polar surface area (TPSA) is 132 Å². The summed E-state index contributed by atoms with van der Waals surface area (Å²) in [6.45, 7) is 3.41. The van der Waals surface area contributed by atoms with Crippen LogP contribution in [0.5, 0.6) is 0 Å². The van der Waals surface area contributed by atoms with Crippen LogP contribution in [0.4, 0.5) is 0 Å². The Hall–Kier alpha value is -1.84. The lowest BCUT2D eigenvalue weighted by atomic mass is 10.1.